The van der Waals surface area contributed by atoms with Crippen LogP contribution >= 0.6 is 0 Å². The summed E-state index contributed by atoms with van der Waals surface area (Å²) < 4.78 is 5.38. The fraction of sp³-hybridized carbons (Fsp3) is 0.368. The van der Waals surface area contributed by atoms with Crippen LogP contribution in [0.25, 0.3) is 0 Å². The lowest BCUT2D eigenvalue weighted by Crippen LogP contribution is -2.36. The number of carbonyl (C=O) groups excluding carboxylic acids is 1. The van der Waals surface area contributed by atoms with E-state index < -0.39 is 0 Å². The molecule has 1 fully saturated rings. The summed E-state index contributed by atoms with van der Waals surface area (Å²) in [5.74, 6) is 0.0176. The van der Waals surface area contributed by atoms with Crippen LogP contribution in [0, 0.1) is 0 Å². The number of hydrogen-bond donors (Lipinski definition) is 0. The van der Waals surface area contributed by atoms with Crippen LogP contribution < -0.4 is 4.90 Å². The van der Waals surface area contributed by atoms with Crippen molar-refractivity contribution in [2.45, 2.75) is 13.5 Å². The second kappa shape index (κ2) is 7.93. The monoisotopic (exact) mass is 325 g/mol. The molecule has 2 heterocycles. The Balaban J connectivity index is 1.75. The molecule has 0 atom stereocenters. The molecule has 1 saturated heterocycles. The van der Waals surface area contributed by atoms with Gasteiger partial charge >= 0.3 is 0 Å². The average molecular weight is 325 g/mol. The first-order valence-corrected chi connectivity index (χ1v) is 8.39. The number of carbonyl (C=O) groups is 1. The molecule has 126 valence electrons. The standard InChI is InChI=1S/C19H23N3O2/c1-2-21(15-16-6-4-3-5-7-16)19(23)17-12-18(14-20-13-17)22-8-10-24-11-9-22/h3-7,12-14H,2,8-11,15H2,1H3. The minimum Gasteiger partial charge on any atom is -0.378 e. The van der Waals surface area contributed by atoms with Gasteiger partial charge in [0.15, 0.2) is 0 Å². The molecule has 1 amide bonds. The van der Waals surface area contributed by atoms with Crippen molar-refractivity contribution in [3.8, 4) is 0 Å². The van der Waals surface area contributed by atoms with Gasteiger partial charge in [-0.3, -0.25) is 9.78 Å². The Labute approximate surface area is 142 Å². The van der Waals surface area contributed by atoms with E-state index in [1.54, 1.807) is 6.20 Å². The van der Waals surface area contributed by atoms with Crippen LogP contribution in [0.1, 0.15) is 22.8 Å². The predicted molar refractivity (Wildman–Crippen MR) is 94.1 cm³/mol. The summed E-state index contributed by atoms with van der Waals surface area (Å²) in [5, 5.41) is 0. The van der Waals surface area contributed by atoms with Gasteiger partial charge in [-0.05, 0) is 18.6 Å². The van der Waals surface area contributed by atoms with Crippen LogP contribution in [0.4, 0.5) is 5.69 Å². The van der Waals surface area contributed by atoms with E-state index in [1.807, 2.05) is 54.4 Å². The largest absolute Gasteiger partial charge is 0.378 e. The summed E-state index contributed by atoms with van der Waals surface area (Å²) in [4.78, 5) is 21.2. The van der Waals surface area contributed by atoms with Crippen LogP contribution in [-0.2, 0) is 11.3 Å². The topological polar surface area (TPSA) is 45.7 Å². The molecule has 24 heavy (non-hydrogen) atoms. The number of ether oxygens (including phenoxy) is 1. The Hall–Kier alpha value is -2.40. The second-order valence-electron chi connectivity index (χ2n) is 5.84. The van der Waals surface area contributed by atoms with E-state index in [0.717, 1.165) is 24.3 Å². The van der Waals surface area contributed by atoms with Crippen molar-refractivity contribution >= 4 is 11.6 Å². The smallest absolute Gasteiger partial charge is 0.255 e. The number of anilines is 1. The number of aromatic nitrogens is 1. The van der Waals surface area contributed by atoms with Crippen molar-refractivity contribution in [1.29, 1.82) is 0 Å². The highest BCUT2D eigenvalue weighted by atomic mass is 16.5. The van der Waals surface area contributed by atoms with Gasteiger partial charge in [0.2, 0.25) is 0 Å². The number of amides is 1. The first-order valence-electron chi connectivity index (χ1n) is 8.39. The fourth-order valence-corrected chi connectivity index (χ4v) is 2.85. The molecule has 0 saturated carbocycles. The van der Waals surface area contributed by atoms with E-state index in [9.17, 15) is 4.79 Å². The second-order valence-corrected chi connectivity index (χ2v) is 5.84. The van der Waals surface area contributed by atoms with Gasteiger partial charge in [-0.15, -0.1) is 0 Å². The SMILES string of the molecule is CCN(Cc1ccccc1)C(=O)c1cncc(N2CCOCC2)c1. The Bertz CT molecular complexity index is 669. The first kappa shape index (κ1) is 16.5. The van der Waals surface area contributed by atoms with Gasteiger partial charge in [-0.2, -0.15) is 0 Å². The lowest BCUT2D eigenvalue weighted by Gasteiger charge is -2.29. The van der Waals surface area contributed by atoms with E-state index in [1.165, 1.54) is 0 Å². The molecule has 3 rings (SSSR count). The summed E-state index contributed by atoms with van der Waals surface area (Å²) in [6, 6.07) is 12.0. The van der Waals surface area contributed by atoms with Crippen molar-refractivity contribution in [2.75, 3.05) is 37.7 Å². The first-order chi connectivity index (χ1) is 11.8. The van der Waals surface area contributed by atoms with Crippen molar-refractivity contribution in [3.05, 3.63) is 59.9 Å². The normalized spacial score (nSPS) is 14.5. The van der Waals surface area contributed by atoms with Crippen LogP contribution in [0.5, 0.6) is 0 Å². The fourth-order valence-electron chi connectivity index (χ4n) is 2.85. The lowest BCUT2D eigenvalue weighted by atomic mass is 10.1. The lowest BCUT2D eigenvalue weighted by molar-refractivity contribution is 0.0752. The maximum Gasteiger partial charge on any atom is 0.255 e. The van der Waals surface area contributed by atoms with Crippen molar-refractivity contribution in [2.24, 2.45) is 0 Å². The van der Waals surface area contributed by atoms with Gasteiger partial charge in [0.05, 0.1) is 30.7 Å². The zero-order valence-electron chi connectivity index (χ0n) is 14.0. The Morgan fingerprint density at radius 2 is 1.96 bits per heavy atom. The zero-order chi connectivity index (χ0) is 16.8. The zero-order valence-corrected chi connectivity index (χ0v) is 14.0. The van der Waals surface area contributed by atoms with Crippen LogP contribution in [0.3, 0.4) is 0 Å². The van der Waals surface area contributed by atoms with Crippen LogP contribution in [0.15, 0.2) is 48.8 Å². The van der Waals surface area contributed by atoms with Gasteiger partial charge < -0.3 is 14.5 Å². The van der Waals surface area contributed by atoms with Gasteiger partial charge in [-0.25, -0.2) is 0 Å². The highest BCUT2D eigenvalue weighted by molar-refractivity contribution is 5.94. The Kier molecular flexibility index (Phi) is 5.43. The number of nitrogens with zero attached hydrogens (tertiary/aromatic N) is 3. The number of benzene rings is 1. The van der Waals surface area contributed by atoms with E-state index in [-0.39, 0.29) is 5.91 Å². The molecule has 0 radical (unpaired) electrons. The van der Waals surface area contributed by atoms with Gasteiger partial charge in [0.1, 0.15) is 0 Å². The van der Waals surface area contributed by atoms with Gasteiger partial charge in [-0.1, -0.05) is 30.3 Å². The summed E-state index contributed by atoms with van der Waals surface area (Å²) >= 11 is 0. The minimum atomic E-state index is 0.0176. The molecule has 0 bridgehead atoms. The summed E-state index contributed by atoms with van der Waals surface area (Å²) in [5.41, 5.74) is 2.75. The minimum absolute atomic E-state index is 0.0176. The van der Waals surface area contributed by atoms with E-state index in [2.05, 4.69) is 9.88 Å². The molecule has 1 aromatic heterocycles. The number of morpholine rings is 1. The van der Waals surface area contributed by atoms with E-state index in [4.69, 9.17) is 4.74 Å². The molecule has 0 aliphatic carbocycles. The Morgan fingerprint density at radius 1 is 1.21 bits per heavy atom. The summed E-state index contributed by atoms with van der Waals surface area (Å²) in [6.45, 7) is 6.37. The summed E-state index contributed by atoms with van der Waals surface area (Å²) in [6.07, 6.45) is 3.47. The third kappa shape index (κ3) is 3.92. The molecule has 5 heteroatoms. The van der Waals surface area contributed by atoms with Gasteiger partial charge in [0.25, 0.3) is 5.91 Å². The van der Waals surface area contributed by atoms with Crippen LogP contribution in [0.2, 0.25) is 0 Å². The summed E-state index contributed by atoms with van der Waals surface area (Å²) in [7, 11) is 0. The average Bonchev–Trinajstić information content (AvgIpc) is 2.67. The molecule has 1 aromatic carbocycles. The number of hydrogen-bond acceptors (Lipinski definition) is 4. The maximum atomic E-state index is 12.9. The Morgan fingerprint density at radius 3 is 2.67 bits per heavy atom. The molecule has 2 aromatic rings. The predicted octanol–water partition coefficient (Wildman–Crippen LogP) is 2.58. The molecule has 0 unspecified atom stereocenters. The van der Waals surface area contributed by atoms with Crippen molar-refractivity contribution in [1.82, 2.24) is 9.88 Å². The molecule has 1 aliphatic heterocycles. The van der Waals surface area contributed by atoms with E-state index >= 15 is 0 Å². The molecule has 1 aliphatic rings. The molecule has 0 spiro atoms. The number of pyridine rings is 1. The molecule has 5 nitrogen and oxygen atoms in total. The van der Waals surface area contributed by atoms with Crippen molar-refractivity contribution < 1.29 is 9.53 Å². The van der Waals surface area contributed by atoms with Crippen molar-refractivity contribution in [3.63, 3.8) is 0 Å². The number of rotatable bonds is 5. The third-order valence-electron chi connectivity index (χ3n) is 4.23. The highest BCUT2D eigenvalue weighted by Crippen LogP contribution is 2.18. The maximum absolute atomic E-state index is 12.9. The molecule has 0 N–H and O–H groups in total. The quantitative estimate of drug-likeness (QED) is 0.848. The third-order valence-corrected chi connectivity index (χ3v) is 4.23. The van der Waals surface area contributed by atoms with Crippen LogP contribution in [-0.4, -0.2) is 48.6 Å². The van der Waals surface area contributed by atoms with Gasteiger partial charge in [0, 0.05) is 32.4 Å². The highest BCUT2D eigenvalue weighted by Gasteiger charge is 2.18. The van der Waals surface area contributed by atoms with E-state index in [0.29, 0.717) is 31.9 Å². The molecular weight excluding hydrogens is 302 g/mol. The molecular formula is C19H23N3O2.